The van der Waals surface area contributed by atoms with Crippen LogP contribution in [0.2, 0.25) is 0 Å². The molecule has 22 heavy (non-hydrogen) atoms. The Morgan fingerprint density at radius 2 is 2.27 bits per heavy atom. The van der Waals surface area contributed by atoms with Crippen molar-refractivity contribution >= 4 is 11.6 Å². The third kappa shape index (κ3) is 3.48. The van der Waals surface area contributed by atoms with Crippen LogP contribution in [0.3, 0.4) is 0 Å². The van der Waals surface area contributed by atoms with Crippen molar-refractivity contribution in [3.05, 3.63) is 12.4 Å². The molecule has 2 aliphatic rings. The van der Waals surface area contributed by atoms with E-state index in [1.54, 1.807) is 6.33 Å². The lowest BCUT2D eigenvalue weighted by Gasteiger charge is -2.27. The molecule has 122 valence electrons. The van der Waals surface area contributed by atoms with Crippen molar-refractivity contribution in [2.24, 2.45) is 5.92 Å². The number of hydrogen-bond acceptors (Lipinski definition) is 7. The minimum atomic E-state index is 0.525. The Labute approximate surface area is 132 Å². The molecule has 2 fully saturated rings. The number of aromatic nitrogens is 2. The van der Waals surface area contributed by atoms with E-state index in [4.69, 9.17) is 0 Å². The third-order valence-corrected chi connectivity index (χ3v) is 4.77. The first-order chi connectivity index (χ1) is 10.8. The first-order valence-corrected chi connectivity index (χ1v) is 8.23. The molecule has 1 aromatic heterocycles. The molecule has 0 radical (unpaired) electrons. The van der Waals surface area contributed by atoms with Gasteiger partial charge in [-0.2, -0.15) is 0 Å². The van der Waals surface area contributed by atoms with Crippen LogP contribution in [-0.4, -0.2) is 55.3 Å². The monoisotopic (exact) mass is 305 g/mol. The van der Waals surface area contributed by atoms with E-state index in [0.29, 0.717) is 18.0 Å². The fraction of sp³-hybridized carbons (Fsp3) is 0.733. The van der Waals surface area contributed by atoms with Gasteiger partial charge in [0, 0.05) is 57.3 Å². The van der Waals surface area contributed by atoms with Crippen LogP contribution in [0.1, 0.15) is 19.8 Å². The summed E-state index contributed by atoms with van der Waals surface area (Å²) in [6, 6.07) is 3.09. The quantitative estimate of drug-likeness (QED) is 0.598. The zero-order valence-corrected chi connectivity index (χ0v) is 13.5. The summed E-state index contributed by atoms with van der Waals surface area (Å²) in [4.78, 5) is 11.0. The molecule has 0 aliphatic carbocycles. The molecule has 2 saturated heterocycles. The summed E-state index contributed by atoms with van der Waals surface area (Å²) in [7, 11) is 1.89. The minimum Gasteiger partial charge on any atom is -0.373 e. The Bertz CT molecular complexity index is 481. The smallest absolute Gasteiger partial charge is 0.134 e. The van der Waals surface area contributed by atoms with E-state index in [2.05, 4.69) is 43.3 Å². The zero-order chi connectivity index (χ0) is 15.4. The van der Waals surface area contributed by atoms with Crippen LogP contribution in [0, 0.1) is 5.92 Å². The summed E-state index contributed by atoms with van der Waals surface area (Å²) in [5.74, 6) is 2.56. The second-order valence-electron chi connectivity index (χ2n) is 6.23. The molecule has 0 spiro atoms. The molecule has 0 saturated carbocycles. The summed E-state index contributed by atoms with van der Waals surface area (Å²) in [5.41, 5.74) is 6.49. The Morgan fingerprint density at radius 3 is 3.05 bits per heavy atom. The van der Waals surface area contributed by atoms with Gasteiger partial charge in [-0.25, -0.2) is 9.97 Å². The van der Waals surface area contributed by atoms with Crippen molar-refractivity contribution in [3.8, 4) is 0 Å². The second-order valence-corrected chi connectivity index (χ2v) is 6.23. The molecule has 3 atom stereocenters. The lowest BCUT2D eigenvalue weighted by atomic mass is 10.0. The zero-order valence-electron chi connectivity index (χ0n) is 13.5. The fourth-order valence-corrected chi connectivity index (χ4v) is 3.32. The van der Waals surface area contributed by atoms with E-state index >= 15 is 0 Å². The van der Waals surface area contributed by atoms with Crippen molar-refractivity contribution in [3.63, 3.8) is 0 Å². The molecule has 2 aliphatic heterocycles. The normalized spacial score (nSPS) is 28.3. The number of nitrogens with zero attached hydrogens (tertiary/aromatic N) is 3. The van der Waals surface area contributed by atoms with E-state index in [0.717, 1.165) is 37.8 Å². The summed E-state index contributed by atoms with van der Waals surface area (Å²) in [5, 5.41) is 6.73. The fourth-order valence-electron chi connectivity index (χ4n) is 3.32. The van der Waals surface area contributed by atoms with Gasteiger partial charge in [-0.3, -0.25) is 10.9 Å². The van der Waals surface area contributed by atoms with E-state index in [-0.39, 0.29) is 0 Å². The lowest BCUT2D eigenvalue weighted by Crippen LogP contribution is -2.41. The maximum absolute atomic E-state index is 4.44. The minimum absolute atomic E-state index is 0.525. The first kappa shape index (κ1) is 15.5. The lowest BCUT2D eigenvalue weighted by molar-refractivity contribution is 0.442. The van der Waals surface area contributed by atoms with Crippen LogP contribution in [0.4, 0.5) is 11.6 Å². The predicted octanol–water partition coefficient (Wildman–Crippen LogP) is 0.189. The van der Waals surface area contributed by atoms with Crippen molar-refractivity contribution in [2.45, 2.75) is 31.8 Å². The number of rotatable bonds is 6. The number of anilines is 2. The van der Waals surface area contributed by atoms with Gasteiger partial charge in [0.2, 0.25) is 0 Å². The molecular formula is C15H27N7. The van der Waals surface area contributed by atoms with Crippen molar-refractivity contribution in [1.82, 2.24) is 26.1 Å². The highest BCUT2D eigenvalue weighted by molar-refractivity contribution is 5.49. The van der Waals surface area contributed by atoms with Crippen LogP contribution in [0.15, 0.2) is 12.4 Å². The molecule has 0 bridgehead atoms. The SMILES string of the molecule is CNc1cc(N2CCCC2CNCC2CNNC2C)ncn1. The highest BCUT2D eigenvalue weighted by atomic mass is 15.4. The first-order valence-electron chi connectivity index (χ1n) is 8.23. The van der Waals surface area contributed by atoms with Crippen molar-refractivity contribution < 1.29 is 0 Å². The molecule has 3 heterocycles. The van der Waals surface area contributed by atoms with Crippen LogP contribution < -0.4 is 26.4 Å². The maximum Gasteiger partial charge on any atom is 0.134 e. The van der Waals surface area contributed by atoms with Crippen LogP contribution in [-0.2, 0) is 0 Å². The van der Waals surface area contributed by atoms with Gasteiger partial charge in [0.25, 0.3) is 0 Å². The number of nitrogens with one attached hydrogen (secondary N) is 4. The maximum atomic E-state index is 4.44. The molecule has 0 amide bonds. The van der Waals surface area contributed by atoms with Gasteiger partial charge in [0.15, 0.2) is 0 Å². The Balaban J connectivity index is 1.54. The van der Waals surface area contributed by atoms with Gasteiger partial charge < -0.3 is 15.5 Å². The molecular weight excluding hydrogens is 278 g/mol. The van der Waals surface area contributed by atoms with Gasteiger partial charge >= 0.3 is 0 Å². The topological polar surface area (TPSA) is 77.1 Å². The average molecular weight is 305 g/mol. The summed E-state index contributed by atoms with van der Waals surface area (Å²) in [6.07, 6.45) is 4.10. The van der Waals surface area contributed by atoms with E-state index in [1.165, 1.54) is 12.8 Å². The number of hydrogen-bond donors (Lipinski definition) is 4. The Morgan fingerprint density at radius 1 is 1.36 bits per heavy atom. The molecule has 7 heteroatoms. The summed E-state index contributed by atoms with van der Waals surface area (Å²) >= 11 is 0. The Hall–Kier alpha value is -1.44. The van der Waals surface area contributed by atoms with Gasteiger partial charge in [-0.15, -0.1) is 0 Å². The molecule has 0 aromatic carbocycles. The molecule has 4 N–H and O–H groups in total. The molecule has 3 unspecified atom stereocenters. The van der Waals surface area contributed by atoms with Crippen LogP contribution in [0.25, 0.3) is 0 Å². The van der Waals surface area contributed by atoms with E-state index in [9.17, 15) is 0 Å². The summed E-state index contributed by atoms with van der Waals surface area (Å²) < 4.78 is 0. The van der Waals surface area contributed by atoms with Gasteiger partial charge in [0.05, 0.1) is 0 Å². The van der Waals surface area contributed by atoms with Crippen molar-refractivity contribution in [1.29, 1.82) is 0 Å². The van der Waals surface area contributed by atoms with Crippen LogP contribution >= 0.6 is 0 Å². The van der Waals surface area contributed by atoms with Crippen molar-refractivity contribution in [2.75, 3.05) is 43.4 Å². The highest BCUT2D eigenvalue weighted by Gasteiger charge is 2.27. The standard InChI is InChI=1S/C15H27N7/c1-11-12(8-20-21-11)7-17-9-13-4-3-5-22(13)15-6-14(16-2)18-10-19-15/h6,10-13,17,20-21H,3-5,7-9H2,1-2H3,(H,16,18,19). The predicted molar refractivity (Wildman–Crippen MR) is 88.9 cm³/mol. The second kappa shape index (κ2) is 7.21. The highest BCUT2D eigenvalue weighted by Crippen LogP contribution is 2.24. The summed E-state index contributed by atoms with van der Waals surface area (Å²) in [6.45, 7) is 6.42. The average Bonchev–Trinajstić information content (AvgIpc) is 3.17. The molecule has 3 rings (SSSR count). The molecule has 1 aromatic rings. The Kier molecular flexibility index (Phi) is 5.07. The van der Waals surface area contributed by atoms with Gasteiger partial charge in [0.1, 0.15) is 18.0 Å². The van der Waals surface area contributed by atoms with Gasteiger partial charge in [-0.1, -0.05) is 0 Å². The molecule has 7 nitrogen and oxygen atoms in total. The van der Waals surface area contributed by atoms with Gasteiger partial charge in [-0.05, 0) is 19.8 Å². The van der Waals surface area contributed by atoms with E-state index < -0.39 is 0 Å². The number of hydrazine groups is 1. The largest absolute Gasteiger partial charge is 0.373 e. The van der Waals surface area contributed by atoms with Crippen LogP contribution in [0.5, 0.6) is 0 Å². The van der Waals surface area contributed by atoms with E-state index in [1.807, 2.05) is 13.1 Å². The third-order valence-electron chi connectivity index (χ3n) is 4.77.